The lowest BCUT2D eigenvalue weighted by Crippen LogP contribution is -2.36. The van der Waals surface area contributed by atoms with Crippen LogP contribution in [-0.4, -0.2) is 33.5 Å². The summed E-state index contributed by atoms with van der Waals surface area (Å²) in [7, 11) is 0. The number of nitrogens with zero attached hydrogens (tertiary/aromatic N) is 2. The van der Waals surface area contributed by atoms with E-state index in [1.165, 1.54) is 23.6 Å². The fourth-order valence-corrected chi connectivity index (χ4v) is 4.65. The summed E-state index contributed by atoms with van der Waals surface area (Å²) in [5, 5.41) is 5.76. The molecule has 2 aromatic rings. The summed E-state index contributed by atoms with van der Waals surface area (Å²) in [4.78, 5) is 5.81. The third kappa shape index (κ3) is 2.58. The van der Waals surface area contributed by atoms with Crippen LogP contribution in [0.15, 0.2) is 17.8 Å². The van der Waals surface area contributed by atoms with Crippen molar-refractivity contribution >= 4 is 28.1 Å². The fraction of sp³-hybridized carbons (Fsp3) is 0.615. The van der Waals surface area contributed by atoms with Crippen LogP contribution in [0, 0.1) is 5.92 Å². The Bertz CT molecular complexity index is 477. The smallest absolute Gasteiger partial charge is 0.193 e. The molecule has 0 saturated carbocycles. The molecule has 1 saturated heterocycles. The van der Waals surface area contributed by atoms with E-state index >= 15 is 0 Å². The van der Waals surface area contributed by atoms with Gasteiger partial charge in [0.1, 0.15) is 0 Å². The number of aromatic nitrogens is 2. The van der Waals surface area contributed by atoms with Crippen LogP contribution in [0.2, 0.25) is 0 Å². The van der Waals surface area contributed by atoms with Gasteiger partial charge >= 0.3 is 0 Å². The summed E-state index contributed by atoms with van der Waals surface area (Å²) < 4.78 is 2.14. The zero-order chi connectivity index (χ0) is 12.4. The van der Waals surface area contributed by atoms with Gasteiger partial charge in [-0.15, -0.1) is 11.3 Å². The summed E-state index contributed by atoms with van der Waals surface area (Å²) >= 11 is 3.79. The van der Waals surface area contributed by atoms with Gasteiger partial charge in [0, 0.05) is 29.6 Å². The number of hydrogen-bond acceptors (Lipinski definition) is 4. The van der Waals surface area contributed by atoms with Gasteiger partial charge in [-0.1, -0.05) is 6.92 Å². The van der Waals surface area contributed by atoms with Crippen molar-refractivity contribution in [1.82, 2.24) is 14.7 Å². The Morgan fingerprint density at radius 1 is 1.50 bits per heavy atom. The lowest BCUT2D eigenvalue weighted by molar-refractivity contribution is 0.423. The zero-order valence-corrected chi connectivity index (χ0v) is 12.3. The fourth-order valence-electron chi connectivity index (χ4n) is 2.50. The average molecular weight is 281 g/mol. The number of nitrogens with one attached hydrogen (secondary N) is 1. The van der Waals surface area contributed by atoms with E-state index in [4.69, 9.17) is 4.98 Å². The third-order valence-electron chi connectivity index (χ3n) is 3.47. The van der Waals surface area contributed by atoms with E-state index in [1.807, 2.05) is 0 Å². The van der Waals surface area contributed by atoms with E-state index in [9.17, 15) is 0 Å². The van der Waals surface area contributed by atoms with Crippen LogP contribution in [0.5, 0.6) is 0 Å². The Kier molecular flexibility index (Phi) is 3.91. The van der Waals surface area contributed by atoms with Crippen LogP contribution >= 0.6 is 23.1 Å². The molecule has 2 atom stereocenters. The average Bonchev–Trinajstić information content (AvgIpc) is 3.02. The number of imidazole rings is 1. The maximum atomic E-state index is 4.70. The van der Waals surface area contributed by atoms with Gasteiger partial charge in [-0.25, -0.2) is 4.98 Å². The lowest BCUT2D eigenvalue weighted by atomic mass is 9.98. The zero-order valence-electron chi connectivity index (χ0n) is 10.6. The molecule has 1 N–H and O–H groups in total. The van der Waals surface area contributed by atoms with Gasteiger partial charge in [-0.05, 0) is 31.1 Å². The minimum atomic E-state index is 0.676. The summed E-state index contributed by atoms with van der Waals surface area (Å²) in [6, 6.07) is 0.676. The molecule has 0 aliphatic carbocycles. The first-order chi connectivity index (χ1) is 8.86. The Labute approximate surface area is 116 Å². The molecule has 0 amide bonds. The van der Waals surface area contributed by atoms with Gasteiger partial charge in [0.25, 0.3) is 0 Å². The Morgan fingerprint density at radius 3 is 3.28 bits per heavy atom. The van der Waals surface area contributed by atoms with Crippen molar-refractivity contribution in [2.45, 2.75) is 25.8 Å². The lowest BCUT2D eigenvalue weighted by Gasteiger charge is -2.18. The number of thioether (sulfide) groups is 1. The maximum Gasteiger partial charge on any atom is 0.193 e. The van der Waals surface area contributed by atoms with Crippen LogP contribution < -0.4 is 5.32 Å². The number of fused-ring (bicyclic) bond motifs is 1. The van der Waals surface area contributed by atoms with Gasteiger partial charge in [-0.3, -0.25) is 4.40 Å². The standard InChI is InChI=1S/C13H19N3S2/c1-2-3-14-12-9-17-8-10(12)6-11-7-16-4-5-18-13(16)15-11/h4-5,7,10,12,14H,2-3,6,8-9H2,1H3. The monoisotopic (exact) mass is 281 g/mol. The minimum Gasteiger partial charge on any atom is -0.313 e. The molecule has 1 aliphatic rings. The predicted molar refractivity (Wildman–Crippen MR) is 79.7 cm³/mol. The topological polar surface area (TPSA) is 29.3 Å². The van der Waals surface area contributed by atoms with Gasteiger partial charge in [0.2, 0.25) is 0 Å². The van der Waals surface area contributed by atoms with Crippen LogP contribution in [0.25, 0.3) is 4.96 Å². The van der Waals surface area contributed by atoms with Crippen LogP contribution in [0.3, 0.4) is 0 Å². The molecule has 5 heteroatoms. The highest BCUT2D eigenvalue weighted by molar-refractivity contribution is 7.99. The molecule has 98 valence electrons. The Hall–Kier alpha value is -0.520. The molecule has 3 nitrogen and oxygen atoms in total. The molecule has 0 radical (unpaired) electrons. The molecule has 2 aromatic heterocycles. The second-order valence-corrected chi connectivity index (χ2v) is 6.84. The van der Waals surface area contributed by atoms with Gasteiger partial charge in [0.15, 0.2) is 4.96 Å². The van der Waals surface area contributed by atoms with Gasteiger partial charge < -0.3 is 5.32 Å². The predicted octanol–water partition coefficient (Wildman–Crippen LogP) is 2.67. The van der Waals surface area contributed by atoms with Crippen molar-refractivity contribution < 1.29 is 0 Å². The molecule has 0 bridgehead atoms. The molecular formula is C13H19N3S2. The highest BCUT2D eigenvalue weighted by Gasteiger charge is 2.27. The first-order valence-corrected chi connectivity index (χ1v) is 8.62. The first kappa shape index (κ1) is 12.5. The van der Waals surface area contributed by atoms with E-state index in [2.05, 4.69) is 46.2 Å². The molecule has 3 rings (SSSR count). The second kappa shape index (κ2) is 5.63. The number of thiazole rings is 1. The van der Waals surface area contributed by atoms with Crippen LogP contribution in [0.1, 0.15) is 19.0 Å². The largest absolute Gasteiger partial charge is 0.313 e. The van der Waals surface area contributed by atoms with Crippen LogP contribution in [-0.2, 0) is 6.42 Å². The van der Waals surface area contributed by atoms with E-state index in [-0.39, 0.29) is 0 Å². The van der Waals surface area contributed by atoms with E-state index in [0.29, 0.717) is 6.04 Å². The number of rotatable bonds is 5. The van der Waals surface area contributed by atoms with Crippen molar-refractivity contribution in [1.29, 1.82) is 0 Å². The summed E-state index contributed by atoms with van der Waals surface area (Å²) in [5.41, 5.74) is 1.25. The molecule has 2 unspecified atom stereocenters. The summed E-state index contributed by atoms with van der Waals surface area (Å²) in [6.07, 6.45) is 6.61. The van der Waals surface area contributed by atoms with E-state index in [1.54, 1.807) is 11.3 Å². The highest BCUT2D eigenvalue weighted by Crippen LogP contribution is 2.27. The normalized spacial score (nSPS) is 24.1. The van der Waals surface area contributed by atoms with Crippen molar-refractivity contribution in [2.24, 2.45) is 5.92 Å². The number of hydrogen-bond donors (Lipinski definition) is 1. The Morgan fingerprint density at radius 2 is 2.44 bits per heavy atom. The van der Waals surface area contributed by atoms with Crippen molar-refractivity contribution in [3.05, 3.63) is 23.5 Å². The van der Waals surface area contributed by atoms with Crippen molar-refractivity contribution in [2.75, 3.05) is 18.1 Å². The van der Waals surface area contributed by atoms with Gasteiger partial charge in [0.05, 0.1) is 5.69 Å². The third-order valence-corrected chi connectivity index (χ3v) is 5.50. The maximum absolute atomic E-state index is 4.70. The van der Waals surface area contributed by atoms with E-state index < -0.39 is 0 Å². The molecule has 3 heterocycles. The first-order valence-electron chi connectivity index (χ1n) is 6.59. The SMILES string of the molecule is CCCNC1CSCC1Cc1cn2ccsc2n1. The van der Waals surface area contributed by atoms with Gasteiger partial charge in [-0.2, -0.15) is 11.8 Å². The quantitative estimate of drug-likeness (QED) is 0.913. The second-order valence-electron chi connectivity index (χ2n) is 4.89. The van der Waals surface area contributed by atoms with Crippen LogP contribution in [0.4, 0.5) is 0 Å². The minimum absolute atomic E-state index is 0.676. The highest BCUT2D eigenvalue weighted by atomic mass is 32.2. The molecular weight excluding hydrogens is 262 g/mol. The summed E-state index contributed by atoms with van der Waals surface area (Å²) in [6.45, 7) is 3.37. The summed E-state index contributed by atoms with van der Waals surface area (Å²) in [5.74, 6) is 3.27. The molecule has 1 fully saturated rings. The van der Waals surface area contributed by atoms with E-state index in [0.717, 1.165) is 23.8 Å². The van der Waals surface area contributed by atoms with Crippen molar-refractivity contribution in [3.8, 4) is 0 Å². The Balaban J connectivity index is 1.65. The molecule has 0 spiro atoms. The molecule has 18 heavy (non-hydrogen) atoms. The van der Waals surface area contributed by atoms with Crippen molar-refractivity contribution in [3.63, 3.8) is 0 Å². The molecule has 1 aliphatic heterocycles. The molecule has 0 aromatic carbocycles.